The van der Waals surface area contributed by atoms with Gasteiger partial charge in [-0.05, 0) is 36.1 Å². The van der Waals surface area contributed by atoms with Crippen molar-refractivity contribution in [2.75, 3.05) is 13.2 Å². The van der Waals surface area contributed by atoms with Gasteiger partial charge in [0.2, 0.25) is 0 Å². The molecule has 2 nitrogen and oxygen atoms in total. The minimum absolute atomic E-state index is 0.125. The molecule has 1 N–H and O–H groups in total. The summed E-state index contributed by atoms with van der Waals surface area (Å²) >= 11 is 6.25. The Morgan fingerprint density at radius 1 is 1.19 bits per heavy atom. The molecule has 110 valence electrons. The minimum Gasteiger partial charge on any atom is -0.372 e. The van der Waals surface area contributed by atoms with E-state index in [1.165, 1.54) is 11.1 Å². The molecule has 1 aliphatic heterocycles. The summed E-state index contributed by atoms with van der Waals surface area (Å²) < 4.78 is 5.93. The van der Waals surface area contributed by atoms with Crippen molar-refractivity contribution in [1.29, 1.82) is 0 Å². The molecule has 0 amide bonds. The summed E-state index contributed by atoms with van der Waals surface area (Å²) in [5, 5.41) is 4.35. The fourth-order valence-corrected chi connectivity index (χ4v) is 3.17. The molecule has 1 aliphatic rings. The standard InChI is InChI=1S/C18H20ClNO/c1-13(15-7-4-5-9-17(15)19)20-12-18-16-8-3-2-6-14(16)10-11-21-18/h2-9,13,18,20H,10-12H2,1H3/t13-,18?/m1/s1. The van der Waals surface area contributed by atoms with Gasteiger partial charge in [-0.2, -0.15) is 0 Å². The molecule has 0 bridgehead atoms. The normalized spacial score (nSPS) is 19.0. The van der Waals surface area contributed by atoms with Gasteiger partial charge in [0.05, 0.1) is 12.7 Å². The second-order valence-corrected chi connectivity index (χ2v) is 5.87. The minimum atomic E-state index is 0.125. The average molecular weight is 302 g/mol. The van der Waals surface area contributed by atoms with E-state index in [4.69, 9.17) is 16.3 Å². The highest BCUT2D eigenvalue weighted by atomic mass is 35.5. The molecule has 0 aromatic heterocycles. The monoisotopic (exact) mass is 301 g/mol. The number of hydrogen-bond donors (Lipinski definition) is 1. The number of ether oxygens (including phenoxy) is 1. The number of halogens is 1. The molecule has 1 unspecified atom stereocenters. The van der Waals surface area contributed by atoms with Crippen LogP contribution in [0.1, 0.15) is 35.8 Å². The molecule has 0 radical (unpaired) electrons. The van der Waals surface area contributed by atoms with Gasteiger partial charge in [-0.25, -0.2) is 0 Å². The van der Waals surface area contributed by atoms with E-state index in [2.05, 4.69) is 42.6 Å². The lowest BCUT2D eigenvalue weighted by molar-refractivity contribution is 0.0410. The van der Waals surface area contributed by atoms with Crippen LogP contribution in [0.5, 0.6) is 0 Å². The van der Waals surface area contributed by atoms with Crippen LogP contribution in [-0.2, 0) is 11.2 Å². The maximum Gasteiger partial charge on any atom is 0.0952 e. The van der Waals surface area contributed by atoms with Crippen molar-refractivity contribution in [2.45, 2.75) is 25.5 Å². The van der Waals surface area contributed by atoms with Crippen molar-refractivity contribution in [3.8, 4) is 0 Å². The van der Waals surface area contributed by atoms with Gasteiger partial charge in [-0.15, -0.1) is 0 Å². The first-order chi connectivity index (χ1) is 10.3. The first kappa shape index (κ1) is 14.6. The summed E-state index contributed by atoms with van der Waals surface area (Å²) in [5.74, 6) is 0. The van der Waals surface area contributed by atoms with Crippen molar-refractivity contribution < 1.29 is 4.74 Å². The quantitative estimate of drug-likeness (QED) is 0.909. The Morgan fingerprint density at radius 3 is 2.81 bits per heavy atom. The zero-order valence-corrected chi connectivity index (χ0v) is 12.9. The Labute approximate surface area is 131 Å². The molecule has 3 heteroatoms. The fourth-order valence-electron chi connectivity index (χ4n) is 2.87. The topological polar surface area (TPSA) is 21.3 Å². The Morgan fingerprint density at radius 2 is 1.95 bits per heavy atom. The fraction of sp³-hybridized carbons (Fsp3) is 0.333. The van der Waals surface area contributed by atoms with Crippen LogP contribution in [-0.4, -0.2) is 13.2 Å². The zero-order valence-electron chi connectivity index (χ0n) is 12.2. The van der Waals surface area contributed by atoms with Crippen LogP contribution in [0.15, 0.2) is 48.5 Å². The van der Waals surface area contributed by atoms with E-state index in [-0.39, 0.29) is 12.1 Å². The first-order valence-corrected chi connectivity index (χ1v) is 7.80. The number of hydrogen-bond acceptors (Lipinski definition) is 2. The van der Waals surface area contributed by atoms with E-state index in [1.54, 1.807) is 0 Å². The van der Waals surface area contributed by atoms with E-state index in [9.17, 15) is 0 Å². The van der Waals surface area contributed by atoms with Gasteiger partial charge in [0.25, 0.3) is 0 Å². The van der Waals surface area contributed by atoms with E-state index in [1.807, 2.05) is 18.2 Å². The van der Waals surface area contributed by atoms with Crippen molar-refractivity contribution in [2.24, 2.45) is 0 Å². The molecule has 0 fully saturated rings. The van der Waals surface area contributed by atoms with Crippen LogP contribution in [0.25, 0.3) is 0 Å². The second-order valence-electron chi connectivity index (χ2n) is 5.46. The molecule has 2 atom stereocenters. The SMILES string of the molecule is C[C@@H](NCC1OCCc2ccccc21)c1ccccc1Cl. The molecule has 1 heterocycles. The van der Waals surface area contributed by atoms with Gasteiger partial charge in [-0.1, -0.05) is 54.1 Å². The summed E-state index contributed by atoms with van der Waals surface area (Å²) in [6, 6.07) is 16.7. The van der Waals surface area contributed by atoms with Crippen LogP contribution in [0, 0.1) is 0 Å². The predicted molar refractivity (Wildman–Crippen MR) is 86.7 cm³/mol. The third kappa shape index (κ3) is 3.29. The van der Waals surface area contributed by atoms with E-state index in [0.717, 1.165) is 30.2 Å². The summed E-state index contributed by atoms with van der Waals surface area (Å²) in [7, 11) is 0. The maximum absolute atomic E-state index is 6.25. The molecule has 0 aliphatic carbocycles. The van der Waals surface area contributed by atoms with Crippen molar-refractivity contribution >= 4 is 11.6 Å². The number of nitrogens with one attached hydrogen (secondary N) is 1. The maximum atomic E-state index is 6.25. The highest BCUT2D eigenvalue weighted by Gasteiger charge is 2.21. The molecule has 0 saturated heterocycles. The zero-order chi connectivity index (χ0) is 14.7. The van der Waals surface area contributed by atoms with Gasteiger partial charge in [0.1, 0.15) is 0 Å². The van der Waals surface area contributed by atoms with E-state index in [0.29, 0.717) is 0 Å². The lowest BCUT2D eigenvalue weighted by atomic mass is 9.97. The van der Waals surface area contributed by atoms with Crippen LogP contribution in [0.4, 0.5) is 0 Å². The third-order valence-corrected chi connectivity index (χ3v) is 4.42. The smallest absolute Gasteiger partial charge is 0.0952 e. The van der Waals surface area contributed by atoms with Crippen molar-refractivity contribution in [3.05, 3.63) is 70.2 Å². The van der Waals surface area contributed by atoms with Crippen LogP contribution >= 0.6 is 11.6 Å². The second kappa shape index (κ2) is 6.61. The number of benzene rings is 2. The summed E-state index contributed by atoms with van der Waals surface area (Å²) in [4.78, 5) is 0. The van der Waals surface area contributed by atoms with E-state index < -0.39 is 0 Å². The van der Waals surface area contributed by atoms with Gasteiger partial charge < -0.3 is 10.1 Å². The molecule has 2 aromatic carbocycles. The van der Waals surface area contributed by atoms with Gasteiger partial charge in [0.15, 0.2) is 0 Å². The number of rotatable bonds is 4. The summed E-state index contributed by atoms with van der Waals surface area (Å²) in [6.45, 7) is 3.73. The Hall–Kier alpha value is -1.35. The summed E-state index contributed by atoms with van der Waals surface area (Å²) in [6.07, 6.45) is 1.13. The molecular weight excluding hydrogens is 282 g/mol. The Balaban J connectivity index is 1.67. The Kier molecular flexibility index (Phi) is 4.59. The largest absolute Gasteiger partial charge is 0.372 e. The van der Waals surface area contributed by atoms with Gasteiger partial charge in [-0.3, -0.25) is 0 Å². The molecule has 21 heavy (non-hydrogen) atoms. The molecule has 2 aromatic rings. The Bertz CT molecular complexity index is 614. The molecule has 0 spiro atoms. The van der Waals surface area contributed by atoms with Crippen molar-refractivity contribution in [3.63, 3.8) is 0 Å². The van der Waals surface area contributed by atoms with Gasteiger partial charge in [0, 0.05) is 17.6 Å². The van der Waals surface area contributed by atoms with E-state index >= 15 is 0 Å². The van der Waals surface area contributed by atoms with Gasteiger partial charge >= 0.3 is 0 Å². The molecule has 0 saturated carbocycles. The molecule has 3 rings (SSSR count). The highest BCUT2D eigenvalue weighted by Crippen LogP contribution is 2.28. The van der Waals surface area contributed by atoms with Crippen LogP contribution in [0.3, 0.4) is 0 Å². The highest BCUT2D eigenvalue weighted by molar-refractivity contribution is 6.31. The van der Waals surface area contributed by atoms with Crippen LogP contribution in [0.2, 0.25) is 5.02 Å². The lowest BCUT2D eigenvalue weighted by Gasteiger charge is -2.27. The van der Waals surface area contributed by atoms with Crippen molar-refractivity contribution in [1.82, 2.24) is 5.32 Å². The molecular formula is C18H20ClNO. The average Bonchev–Trinajstić information content (AvgIpc) is 2.53. The first-order valence-electron chi connectivity index (χ1n) is 7.43. The number of fused-ring (bicyclic) bond motifs is 1. The summed E-state index contributed by atoms with van der Waals surface area (Å²) in [5.41, 5.74) is 3.84. The predicted octanol–water partition coefficient (Wildman–Crippen LogP) is 4.30. The van der Waals surface area contributed by atoms with Crippen LogP contribution < -0.4 is 5.32 Å². The third-order valence-electron chi connectivity index (χ3n) is 4.07. The lowest BCUT2D eigenvalue weighted by Crippen LogP contribution is -2.29.